The van der Waals surface area contributed by atoms with Crippen LogP contribution in [-0.2, 0) is 17.6 Å². The van der Waals surface area contributed by atoms with Gasteiger partial charge in [0, 0.05) is 35.7 Å². The number of aliphatic carboxylic acids is 1. The number of benzene rings is 3. The standard InChI is InChI=1S/C32H31FN2O5/c1-3-26(20-30(36)23-7-5-4-6-8-23)34-29(32(37)38)19-22-9-15-27(16-10-22)39-18-17-28-21(2)40-31(35-28)24-11-13-25(33)14-12-24/h4-16,20,29,34H,3,17-19H2,1-2H3,(H,37,38)/b26-20-/t29-/m0/s1. The Balaban J connectivity index is 1.32. The normalized spacial score (nSPS) is 12.1. The Morgan fingerprint density at radius 3 is 2.40 bits per heavy atom. The molecule has 0 amide bonds. The fourth-order valence-corrected chi connectivity index (χ4v) is 4.11. The van der Waals surface area contributed by atoms with Crippen molar-refractivity contribution in [1.82, 2.24) is 10.3 Å². The molecule has 3 aromatic carbocycles. The van der Waals surface area contributed by atoms with Gasteiger partial charge in [-0.15, -0.1) is 0 Å². The Hall–Kier alpha value is -4.72. The van der Waals surface area contributed by atoms with Crippen molar-refractivity contribution >= 4 is 11.8 Å². The van der Waals surface area contributed by atoms with Crippen molar-refractivity contribution < 1.29 is 28.2 Å². The van der Waals surface area contributed by atoms with Crippen LogP contribution in [0, 0.1) is 12.7 Å². The molecule has 4 aromatic rings. The molecule has 0 spiro atoms. The highest BCUT2D eigenvalue weighted by Crippen LogP contribution is 2.23. The average Bonchev–Trinajstić information content (AvgIpc) is 3.33. The second-order valence-corrected chi connectivity index (χ2v) is 9.26. The second-order valence-electron chi connectivity index (χ2n) is 9.26. The summed E-state index contributed by atoms with van der Waals surface area (Å²) in [5.41, 5.74) is 3.38. The SMILES string of the molecule is CC/C(=C/C(=O)c1ccccc1)N[C@@H](Cc1ccc(OCCc2nc(-c3ccc(F)cc3)oc2C)cc1)C(=O)O. The molecule has 0 saturated carbocycles. The average molecular weight is 543 g/mol. The first kappa shape index (κ1) is 28.3. The summed E-state index contributed by atoms with van der Waals surface area (Å²) in [6, 6.07) is 21.2. The number of oxazole rings is 1. The number of aromatic nitrogens is 1. The Morgan fingerprint density at radius 1 is 1.05 bits per heavy atom. The number of hydrogen-bond acceptors (Lipinski definition) is 6. The number of carbonyl (C=O) groups excluding carboxylic acids is 1. The second kappa shape index (κ2) is 13.4. The first-order valence-corrected chi connectivity index (χ1v) is 13.1. The molecule has 1 heterocycles. The van der Waals surface area contributed by atoms with Crippen LogP contribution in [0.5, 0.6) is 5.75 Å². The van der Waals surface area contributed by atoms with Gasteiger partial charge < -0.3 is 19.6 Å². The van der Waals surface area contributed by atoms with E-state index in [1.165, 1.54) is 18.2 Å². The molecule has 0 bridgehead atoms. The molecule has 0 aliphatic carbocycles. The fraction of sp³-hybridized carbons (Fsp3) is 0.219. The third-order valence-electron chi connectivity index (χ3n) is 6.36. The maximum atomic E-state index is 13.2. The Kier molecular flexibility index (Phi) is 9.46. The van der Waals surface area contributed by atoms with E-state index in [-0.39, 0.29) is 18.0 Å². The van der Waals surface area contributed by atoms with Gasteiger partial charge in [0.2, 0.25) is 5.89 Å². The van der Waals surface area contributed by atoms with Crippen molar-refractivity contribution in [1.29, 1.82) is 0 Å². The van der Waals surface area contributed by atoms with Crippen LogP contribution in [0.1, 0.15) is 40.7 Å². The van der Waals surface area contributed by atoms with Crippen LogP contribution in [0.15, 0.2) is 95.1 Å². The Morgan fingerprint density at radius 2 is 1.75 bits per heavy atom. The van der Waals surface area contributed by atoms with Crippen LogP contribution < -0.4 is 10.1 Å². The number of ether oxygens (including phenoxy) is 1. The van der Waals surface area contributed by atoms with Crippen molar-refractivity contribution in [2.24, 2.45) is 0 Å². The van der Waals surface area contributed by atoms with E-state index in [2.05, 4.69) is 10.3 Å². The van der Waals surface area contributed by atoms with Gasteiger partial charge in [-0.2, -0.15) is 0 Å². The number of nitrogens with zero attached hydrogens (tertiary/aromatic N) is 1. The van der Waals surface area contributed by atoms with Crippen molar-refractivity contribution in [2.75, 3.05) is 6.61 Å². The largest absolute Gasteiger partial charge is 0.493 e. The molecule has 2 N–H and O–H groups in total. The number of hydrogen-bond donors (Lipinski definition) is 2. The third-order valence-corrected chi connectivity index (χ3v) is 6.36. The zero-order valence-electron chi connectivity index (χ0n) is 22.4. The molecule has 0 unspecified atom stereocenters. The molecular weight excluding hydrogens is 511 g/mol. The van der Waals surface area contributed by atoms with Gasteiger partial charge in [-0.05, 0) is 55.3 Å². The van der Waals surface area contributed by atoms with Gasteiger partial charge in [0.05, 0.1) is 12.3 Å². The summed E-state index contributed by atoms with van der Waals surface area (Å²) in [5.74, 6) is 0.253. The van der Waals surface area contributed by atoms with E-state index in [0.29, 0.717) is 53.7 Å². The summed E-state index contributed by atoms with van der Waals surface area (Å²) in [7, 11) is 0. The van der Waals surface area contributed by atoms with E-state index < -0.39 is 12.0 Å². The van der Waals surface area contributed by atoms with E-state index in [9.17, 15) is 19.1 Å². The van der Waals surface area contributed by atoms with Gasteiger partial charge in [0.15, 0.2) is 5.78 Å². The van der Waals surface area contributed by atoms with Gasteiger partial charge in [0.1, 0.15) is 23.4 Å². The topological polar surface area (TPSA) is 102 Å². The summed E-state index contributed by atoms with van der Waals surface area (Å²) < 4.78 is 24.8. The van der Waals surface area contributed by atoms with Gasteiger partial charge in [0.25, 0.3) is 0 Å². The lowest BCUT2D eigenvalue weighted by atomic mass is 10.0. The highest BCUT2D eigenvalue weighted by Gasteiger charge is 2.19. The lowest BCUT2D eigenvalue weighted by molar-refractivity contribution is -0.139. The van der Waals surface area contributed by atoms with Crippen molar-refractivity contribution in [3.05, 3.63) is 119 Å². The van der Waals surface area contributed by atoms with E-state index in [1.807, 2.05) is 32.0 Å². The van der Waals surface area contributed by atoms with Crippen LogP contribution in [0.2, 0.25) is 0 Å². The molecule has 4 rings (SSSR count). The molecule has 1 atom stereocenters. The molecule has 0 fully saturated rings. The molecule has 0 aliphatic rings. The molecule has 1 aromatic heterocycles. The zero-order valence-corrected chi connectivity index (χ0v) is 22.4. The number of aryl methyl sites for hydroxylation is 1. The van der Waals surface area contributed by atoms with Gasteiger partial charge >= 0.3 is 5.97 Å². The number of rotatable bonds is 13. The predicted octanol–water partition coefficient (Wildman–Crippen LogP) is 6.17. The molecule has 8 heteroatoms. The molecule has 7 nitrogen and oxygen atoms in total. The third kappa shape index (κ3) is 7.66. The van der Waals surface area contributed by atoms with Crippen LogP contribution >= 0.6 is 0 Å². The summed E-state index contributed by atoms with van der Waals surface area (Å²) in [4.78, 5) is 29.0. The summed E-state index contributed by atoms with van der Waals surface area (Å²) in [6.45, 7) is 4.06. The van der Waals surface area contributed by atoms with Gasteiger partial charge in [-0.25, -0.2) is 14.2 Å². The summed E-state index contributed by atoms with van der Waals surface area (Å²) in [5, 5.41) is 12.8. The predicted molar refractivity (Wildman–Crippen MR) is 150 cm³/mol. The zero-order chi connectivity index (χ0) is 28.5. The van der Waals surface area contributed by atoms with Crippen LogP contribution in [-0.4, -0.2) is 34.5 Å². The van der Waals surface area contributed by atoms with Gasteiger partial charge in [-0.1, -0.05) is 49.4 Å². The van der Waals surface area contributed by atoms with E-state index >= 15 is 0 Å². The first-order valence-electron chi connectivity index (χ1n) is 13.1. The monoisotopic (exact) mass is 542 g/mol. The number of allylic oxidation sites excluding steroid dienone is 2. The first-order chi connectivity index (χ1) is 19.3. The number of ketones is 1. The molecule has 0 aliphatic heterocycles. The Bertz CT molecular complexity index is 1460. The maximum absolute atomic E-state index is 13.2. The van der Waals surface area contributed by atoms with Crippen molar-refractivity contribution in [2.45, 2.75) is 39.2 Å². The summed E-state index contributed by atoms with van der Waals surface area (Å²) in [6.07, 6.45) is 2.71. The highest BCUT2D eigenvalue weighted by molar-refractivity contribution is 6.04. The van der Waals surface area contributed by atoms with Crippen LogP contribution in [0.3, 0.4) is 0 Å². The van der Waals surface area contributed by atoms with Gasteiger partial charge in [-0.3, -0.25) is 4.79 Å². The van der Waals surface area contributed by atoms with E-state index in [4.69, 9.17) is 9.15 Å². The molecule has 40 heavy (non-hydrogen) atoms. The van der Waals surface area contributed by atoms with E-state index in [1.54, 1.807) is 48.5 Å². The molecule has 0 saturated heterocycles. The van der Waals surface area contributed by atoms with Crippen molar-refractivity contribution in [3.63, 3.8) is 0 Å². The molecule has 206 valence electrons. The fourth-order valence-electron chi connectivity index (χ4n) is 4.11. The number of carboxylic acids is 1. The quantitative estimate of drug-likeness (QED) is 0.154. The smallest absolute Gasteiger partial charge is 0.326 e. The number of carboxylic acid groups (broad SMARTS) is 1. The molecular formula is C32H31FN2O5. The number of halogens is 1. The Labute approximate surface area is 232 Å². The highest BCUT2D eigenvalue weighted by atomic mass is 19.1. The van der Waals surface area contributed by atoms with Crippen molar-refractivity contribution in [3.8, 4) is 17.2 Å². The molecule has 0 radical (unpaired) electrons. The van der Waals surface area contributed by atoms with Crippen LogP contribution in [0.4, 0.5) is 4.39 Å². The lowest BCUT2D eigenvalue weighted by Crippen LogP contribution is -2.38. The van der Waals surface area contributed by atoms with Crippen LogP contribution in [0.25, 0.3) is 11.5 Å². The van der Waals surface area contributed by atoms with E-state index in [0.717, 1.165) is 11.3 Å². The maximum Gasteiger partial charge on any atom is 0.326 e. The lowest BCUT2D eigenvalue weighted by Gasteiger charge is -2.18. The number of nitrogens with one attached hydrogen (secondary N) is 1. The number of carbonyl (C=O) groups is 2. The minimum atomic E-state index is -1.00. The summed E-state index contributed by atoms with van der Waals surface area (Å²) >= 11 is 0. The minimum absolute atomic E-state index is 0.178. The minimum Gasteiger partial charge on any atom is -0.493 e.